The molecule has 0 fully saturated rings. The molecule has 0 heterocycles. The van der Waals surface area contributed by atoms with E-state index in [9.17, 15) is 0 Å². The van der Waals surface area contributed by atoms with E-state index >= 15 is 0 Å². The molecular weight excluding hydrogens is 298 g/mol. The van der Waals surface area contributed by atoms with Gasteiger partial charge in [0.15, 0.2) is 0 Å². The molecule has 0 bridgehead atoms. The minimum Gasteiger partial charge on any atom is -0.369 e. The van der Waals surface area contributed by atoms with E-state index in [0.717, 1.165) is 24.1 Å². The van der Waals surface area contributed by atoms with Crippen LogP contribution in [0.25, 0.3) is 0 Å². The summed E-state index contributed by atoms with van der Waals surface area (Å²) in [6, 6.07) is 8.18. The smallest absolute Gasteiger partial charge is 0.369 e. The van der Waals surface area contributed by atoms with E-state index in [2.05, 4.69) is 36.2 Å². The van der Waals surface area contributed by atoms with Crippen LogP contribution >= 0.6 is 0 Å². The van der Waals surface area contributed by atoms with E-state index < -0.39 is 5.09 Å². The molecule has 0 aromatic heterocycles. The third-order valence-electron chi connectivity index (χ3n) is 3.01. The zero-order chi connectivity index (χ0) is 17.7. The summed E-state index contributed by atoms with van der Waals surface area (Å²) in [5.74, 6) is -0.000331. The number of benzene rings is 1. The van der Waals surface area contributed by atoms with Crippen molar-refractivity contribution in [1.82, 2.24) is 0 Å². The van der Waals surface area contributed by atoms with Crippen molar-refractivity contribution in [3.8, 4) is 0 Å². The Morgan fingerprint density at radius 1 is 1.13 bits per heavy atom. The second-order valence-corrected chi connectivity index (χ2v) is 4.95. The highest BCUT2D eigenvalue weighted by Crippen LogP contribution is 2.14. The molecule has 0 aliphatic carbocycles. The maximum absolute atomic E-state index is 8.47. The number of nitrogens with zero attached hydrogens (tertiary/aromatic N) is 3. The SMILES string of the molecule is CCCCCC/C(=N\N=C(N)N)c1ccccc1C.O=[N+](O)O. The predicted octanol–water partition coefficient (Wildman–Crippen LogP) is 2.49. The molecule has 8 nitrogen and oxygen atoms in total. The minimum atomic E-state index is -1.25. The molecule has 6 N–H and O–H groups in total. The van der Waals surface area contributed by atoms with Gasteiger partial charge in [-0.25, -0.2) is 10.4 Å². The average Bonchev–Trinajstić information content (AvgIpc) is 2.47. The minimum absolute atomic E-state index is 0.000331. The molecule has 8 heteroatoms. The molecule has 1 rings (SSSR count). The fourth-order valence-electron chi connectivity index (χ4n) is 1.97. The predicted molar refractivity (Wildman–Crippen MR) is 89.5 cm³/mol. The molecular formula is C15H26N5O3+. The standard InChI is InChI=1S/C15H24N4.H2NO3/c1-3-4-5-6-11-14(18-19-15(16)17)13-10-8-7-9-12(13)2;2-1(3)4/h7-10H,3-6,11H2,1-2H3,(H4,16,17,19);(H2,2,3,4)/q;+1/b18-14+;. The molecule has 0 unspecified atom stereocenters. The van der Waals surface area contributed by atoms with Crippen molar-refractivity contribution in [1.29, 1.82) is 0 Å². The summed E-state index contributed by atoms with van der Waals surface area (Å²) >= 11 is 0. The van der Waals surface area contributed by atoms with Crippen LogP contribution in [0.1, 0.15) is 50.2 Å². The van der Waals surface area contributed by atoms with Crippen LogP contribution in [0.4, 0.5) is 0 Å². The fraction of sp³-hybridized carbons (Fsp3) is 0.467. The van der Waals surface area contributed by atoms with Gasteiger partial charge < -0.3 is 11.5 Å². The highest BCUT2D eigenvalue weighted by Gasteiger charge is 2.06. The molecule has 1 aromatic carbocycles. The number of nitrogens with two attached hydrogens (primary N) is 2. The van der Waals surface area contributed by atoms with E-state index in [1.807, 2.05) is 12.1 Å². The molecule has 0 aliphatic heterocycles. The summed E-state index contributed by atoms with van der Waals surface area (Å²) < 4.78 is 0. The number of unbranched alkanes of at least 4 members (excludes halogenated alkanes) is 3. The van der Waals surface area contributed by atoms with Gasteiger partial charge in [0.1, 0.15) is 4.91 Å². The first-order valence-corrected chi connectivity index (χ1v) is 7.45. The molecule has 1 aromatic rings. The van der Waals surface area contributed by atoms with E-state index in [1.54, 1.807) is 0 Å². The summed E-state index contributed by atoms with van der Waals surface area (Å²) in [5, 5.41) is 20.5. The maximum atomic E-state index is 8.47. The van der Waals surface area contributed by atoms with Crippen LogP contribution in [-0.2, 0) is 0 Å². The molecule has 0 saturated heterocycles. The van der Waals surface area contributed by atoms with Crippen molar-refractivity contribution in [3.63, 3.8) is 0 Å². The van der Waals surface area contributed by atoms with Crippen LogP contribution in [0, 0.1) is 11.8 Å². The second kappa shape index (κ2) is 12.0. The van der Waals surface area contributed by atoms with E-state index in [-0.39, 0.29) is 5.96 Å². The van der Waals surface area contributed by atoms with Crippen LogP contribution in [0.2, 0.25) is 0 Å². The quantitative estimate of drug-likeness (QED) is 0.264. The average molecular weight is 324 g/mol. The normalized spacial score (nSPS) is 10.4. The number of aryl methyl sites for hydroxylation is 1. The monoisotopic (exact) mass is 324 g/mol. The van der Waals surface area contributed by atoms with Crippen molar-refractivity contribution in [3.05, 3.63) is 40.3 Å². The first-order valence-electron chi connectivity index (χ1n) is 7.45. The first-order chi connectivity index (χ1) is 10.9. The number of hydrogen-bond donors (Lipinski definition) is 4. The molecule has 0 atom stereocenters. The number of hydrogen-bond acceptors (Lipinski definition) is 3. The highest BCUT2D eigenvalue weighted by atomic mass is 16.9. The summed E-state index contributed by atoms with van der Waals surface area (Å²) in [6.45, 7) is 4.28. The zero-order valence-corrected chi connectivity index (χ0v) is 13.6. The van der Waals surface area contributed by atoms with Crippen molar-refractivity contribution < 1.29 is 15.5 Å². The molecule has 0 amide bonds. The van der Waals surface area contributed by atoms with Gasteiger partial charge in [0.25, 0.3) is 0 Å². The van der Waals surface area contributed by atoms with Gasteiger partial charge in [-0.2, -0.15) is 5.10 Å². The zero-order valence-electron chi connectivity index (χ0n) is 13.6. The van der Waals surface area contributed by atoms with Gasteiger partial charge in [-0.3, -0.25) is 0 Å². The summed E-state index contributed by atoms with van der Waals surface area (Å²) in [5.41, 5.74) is 14.0. The largest absolute Gasteiger partial charge is 0.472 e. The number of guanidine groups is 1. The van der Waals surface area contributed by atoms with E-state index in [4.69, 9.17) is 26.8 Å². The Hall–Kier alpha value is -2.64. The Kier molecular flexibility index (Phi) is 10.6. The summed E-state index contributed by atoms with van der Waals surface area (Å²) in [6.07, 6.45) is 5.71. The van der Waals surface area contributed by atoms with Gasteiger partial charge in [0.2, 0.25) is 5.96 Å². The topological polar surface area (TPSA) is 137 Å². The first kappa shape index (κ1) is 20.4. The molecule has 0 radical (unpaired) electrons. The molecule has 0 aliphatic rings. The molecule has 0 spiro atoms. The lowest BCUT2D eigenvalue weighted by atomic mass is 9.99. The van der Waals surface area contributed by atoms with Crippen LogP contribution in [0.3, 0.4) is 0 Å². The van der Waals surface area contributed by atoms with Crippen molar-refractivity contribution in [2.45, 2.75) is 46.0 Å². The lowest BCUT2D eigenvalue weighted by Crippen LogP contribution is -2.22. The van der Waals surface area contributed by atoms with Gasteiger partial charge in [-0.15, -0.1) is 5.10 Å². The third-order valence-corrected chi connectivity index (χ3v) is 3.01. The maximum Gasteiger partial charge on any atom is 0.472 e. The second-order valence-electron chi connectivity index (χ2n) is 4.95. The van der Waals surface area contributed by atoms with Crippen LogP contribution < -0.4 is 11.5 Å². The van der Waals surface area contributed by atoms with Crippen molar-refractivity contribution in [2.75, 3.05) is 0 Å². The third kappa shape index (κ3) is 10.7. The van der Waals surface area contributed by atoms with Gasteiger partial charge in [-0.1, -0.05) is 50.5 Å². The van der Waals surface area contributed by atoms with E-state index in [0.29, 0.717) is 0 Å². The van der Waals surface area contributed by atoms with Crippen LogP contribution in [0.5, 0.6) is 0 Å². The van der Waals surface area contributed by atoms with Crippen molar-refractivity contribution >= 4 is 11.7 Å². The Balaban J connectivity index is 0.00000108. The summed E-state index contributed by atoms with van der Waals surface area (Å²) in [4.78, 5) is 8.47. The Morgan fingerprint density at radius 3 is 2.26 bits per heavy atom. The van der Waals surface area contributed by atoms with Crippen LogP contribution in [-0.4, -0.2) is 27.2 Å². The van der Waals surface area contributed by atoms with Gasteiger partial charge in [0.05, 0.1) is 5.71 Å². The molecule has 0 saturated carbocycles. The molecule has 128 valence electrons. The lowest BCUT2D eigenvalue weighted by molar-refractivity contribution is -0.969. The summed E-state index contributed by atoms with van der Waals surface area (Å²) in [7, 11) is 0. The van der Waals surface area contributed by atoms with Gasteiger partial charge in [-0.05, 0) is 25.3 Å². The van der Waals surface area contributed by atoms with E-state index in [1.165, 1.54) is 24.8 Å². The Morgan fingerprint density at radius 2 is 1.74 bits per heavy atom. The van der Waals surface area contributed by atoms with Gasteiger partial charge in [0, 0.05) is 5.56 Å². The lowest BCUT2D eigenvalue weighted by Gasteiger charge is -2.08. The number of rotatable bonds is 7. The Labute approximate surface area is 136 Å². The Bertz CT molecular complexity index is 536. The molecule has 23 heavy (non-hydrogen) atoms. The highest BCUT2D eigenvalue weighted by molar-refractivity contribution is 6.02. The fourth-order valence-corrected chi connectivity index (χ4v) is 1.97. The van der Waals surface area contributed by atoms with Gasteiger partial charge >= 0.3 is 5.09 Å². The van der Waals surface area contributed by atoms with Crippen molar-refractivity contribution in [2.24, 2.45) is 21.7 Å². The van der Waals surface area contributed by atoms with Crippen LogP contribution in [0.15, 0.2) is 34.5 Å².